The quantitative estimate of drug-likeness (QED) is 0.534. The second-order valence-corrected chi connectivity index (χ2v) is 6.96. The summed E-state index contributed by atoms with van der Waals surface area (Å²) in [5.74, 6) is -1.98. The monoisotopic (exact) mass is 446 g/mol. The van der Waals surface area contributed by atoms with E-state index in [2.05, 4.69) is 5.32 Å². The van der Waals surface area contributed by atoms with Crippen molar-refractivity contribution in [2.75, 3.05) is 24.4 Å². The Balaban J connectivity index is 1.98. The number of benzene rings is 2. The molecule has 0 saturated carbocycles. The lowest BCUT2D eigenvalue weighted by molar-refractivity contribution is -0.139. The number of anilines is 2. The van der Waals surface area contributed by atoms with Crippen molar-refractivity contribution in [1.82, 2.24) is 0 Å². The van der Waals surface area contributed by atoms with Crippen LogP contribution >= 0.6 is 0 Å². The Bertz CT molecular complexity index is 1210. The van der Waals surface area contributed by atoms with Crippen LogP contribution in [0.2, 0.25) is 0 Å². The first kappa shape index (κ1) is 23.2. The third-order valence-corrected chi connectivity index (χ3v) is 4.80. The van der Waals surface area contributed by atoms with Gasteiger partial charge in [-0.15, -0.1) is 0 Å². The number of carbonyl (C=O) groups is 4. The summed E-state index contributed by atoms with van der Waals surface area (Å²) in [5.41, 5.74) is 1.65. The molecule has 1 heterocycles. The van der Waals surface area contributed by atoms with E-state index in [1.807, 2.05) is 0 Å². The normalized spacial score (nSPS) is 12.8. The van der Waals surface area contributed by atoms with E-state index in [1.54, 1.807) is 66.9 Å². The molecular weight excluding hydrogens is 424 g/mol. The van der Waals surface area contributed by atoms with Crippen molar-refractivity contribution in [3.63, 3.8) is 0 Å². The van der Waals surface area contributed by atoms with Crippen LogP contribution in [-0.2, 0) is 19.1 Å². The summed E-state index contributed by atoms with van der Waals surface area (Å²) in [7, 11) is 2.42. The number of ether oxygens (including phenoxy) is 2. The van der Waals surface area contributed by atoms with Gasteiger partial charge in [-0.3, -0.25) is 9.59 Å². The molecule has 0 saturated heterocycles. The van der Waals surface area contributed by atoms with Gasteiger partial charge in [-0.2, -0.15) is 0 Å². The van der Waals surface area contributed by atoms with Gasteiger partial charge >= 0.3 is 11.9 Å². The molecule has 8 nitrogen and oxygen atoms in total. The Morgan fingerprint density at radius 1 is 0.848 bits per heavy atom. The van der Waals surface area contributed by atoms with E-state index in [9.17, 15) is 19.2 Å². The molecule has 1 aliphatic rings. The minimum absolute atomic E-state index is 0.00486. The number of hydrogen-bond acceptors (Lipinski definition) is 7. The van der Waals surface area contributed by atoms with E-state index in [-0.39, 0.29) is 17.1 Å². The lowest BCUT2D eigenvalue weighted by atomic mass is 10.1. The Labute approximate surface area is 190 Å². The van der Waals surface area contributed by atoms with Gasteiger partial charge in [0.25, 0.3) is 5.91 Å². The number of Topliss-reactive ketones (excluding diaryl/α,β-unsaturated/α-hetero) is 1. The van der Waals surface area contributed by atoms with Crippen molar-refractivity contribution in [3.8, 4) is 0 Å². The van der Waals surface area contributed by atoms with Crippen LogP contribution in [-0.4, -0.2) is 37.8 Å². The molecular formula is C25H22N2O6. The van der Waals surface area contributed by atoms with Crippen molar-refractivity contribution in [3.05, 3.63) is 95.4 Å². The Morgan fingerprint density at radius 2 is 1.55 bits per heavy atom. The number of methoxy groups -OCH3 is 2. The van der Waals surface area contributed by atoms with Crippen LogP contribution in [0.3, 0.4) is 0 Å². The van der Waals surface area contributed by atoms with Gasteiger partial charge in [-0.05, 0) is 49.4 Å². The molecule has 33 heavy (non-hydrogen) atoms. The summed E-state index contributed by atoms with van der Waals surface area (Å²) in [6, 6.07) is 13.1. The molecule has 1 N–H and O–H groups in total. The summed E-state index contributed by atoms with van der Waals surface area (Å²) in [5, 5.41) is 2.76. The first-order valence-corrected chi connectivity index (χ1v) is 9.93. The van der Waals surface area contributed by atoms with Crippen LogP contribution in [0.4, 0.5) is 11.4 Å². The van der Waals surface area contributed by atoms with Crippen molar-refractivity contribution in [2.45, 2.75) is 6.92 Å². The number of amides is 1. The van der Waals surface area contributed by atoms with Gasteiger partial charge in [0.2, 0.25) is 0 Å². The van der Waals surface area contributed by atoms with Gasteiger partial charge < -0.3 is 19.7 Å². The molecule has 0 atom stereocenters. The number of nitrogens with zero attached hydrogens (tertiary/aromatic N) is 1. The Hall–Kier alpha value is -4.46. The minimum atomic E-state index is -0.748. The third kappa shape index (κ3) is 5.24. The molecule has 0 bridgehead atoms. The lowest BCUT2D eigenvalue weighted by Crippen LogP contribution is -2.27. The highest BCUT2D eigenvalue weighted by molar-refractivity contribution is 6.07. The summed E-state index contributed by atoms with van der Waals surface area (Å²) >= 11 is 0. The number of nitrogens with one attached hydrogen (secondary N) is 1. The highest BCUT2D eigenvalue weighted by Gasteiger charge is 2.27. The first-order chi connectivity index (χ1) is 15.8. The maximum atomic E-state index is 12.9. The molecule has 0 spiro atoms. The molecule has 1 amide bonds. The van der Waals surface area contributed by atoms with Crippen LogP contribution < -0.4 is 10.2 Å². The molecule has 8 heteroatoms. The Morgan fingerprint density at radius 3 is 2.24 bits per heavy atom. The second-order valence-electron chi connectivity index (χ2n) is 6.96. The zero-order valence-corrected chi connectivity index (χ0v) is 18.3. The number of allylic oxidation sites excluding steroid dienone is 2. The highest BCUT2D eigenvalue weighted by atomic mass is 16.5. The van der Waals surface area contributed by atoms with E-state index in [4.69, 9.17) is 9.47 Å². The number of rotatable bonds is 6. The molecule has 0 aliphatic carbocycles. The molecule has 3 rings (SSSR count). The van der Waals surface area contributed by atoms with Crippen molar-refractivity contribution >= 4 is 35.0 Å². The van der Waals surface area contributed by atoms with Gasteiger partial charge in [-0.25, -0.2) is 9.59 Å². The van der Waals surface area contributed by atoms with E-state index < -0.39 is 17.8 Å². The maximum absolute atomic E-state index is 12.9. The fourth-order valence-corrected chi connectivity index (χ4v) is 3.18. The standard InChI is InChI=1S/C25H22N2O6/c1-16(28)17-8-6-10-19(14-17)26-23(29)18-9-7-11-20(15-18)27-13-5-4-12-21(24(30)32-2)22(27)25(31)33-3/h4-15H,1-3H3,(H,26,29). The van der Waals surface area contributed by atoms with E-state index in [0.717, 1.165) is 0 Å². The Kier molecular flexibility index (Phi) is 7.20. The van der Waals surface area contributed by atoms with Crippen LogP contribution in [0.1, 0.15) is 27.6 Å². The summed E-state index contributed by atoms with van der Waals surface area (Å²) in [6.07, 6.45) is 6.26. The fourth-order valence-electron chi connectivity index (χ4n) is 3.18. The van der Waals surface area contributed by atoms with Gasteiger partial charge in [0, 0.05) is 28.7 Å². The topological polar surface area (TPSA) is 102 Å². The molecule has 0 radical (unpaired) electrons. The van der Waals surface area contributed by atoms with Gasteiger partial charge in [0.1, 0.15) is 5.70 Å². The average molecular weight is 446 g/mol. The summed E-state index contributed by atoms with van der Waals surface area (Å²) in [4.78, 5) is 50.8. The number of hydrogen-bond donors (Lipinski definition) is 1. The average Bonchev–Trinajstić information content (AvgIpc) is 3.06. The van der Waals surface area contributed by atoms with E-state index >= 15 is 0 Å². The molecule has 1 aliphatic heterocycles. The highest BCUT2D eigenvalue weighted by Crippen LogP contribution is 2.27. The fraction of sp³-hybridized carbons (Fsp3) is 0.120. The van der Waals surface area contributed by atoms with Crippen LogP contribution in [0.25, 0.3) is 0 Å². The SMILES string of the molecule is COC(=O)C1=C(C(=O)OC)N(c2cccc(C(=O)Nc3cccc(C(C)=O)c3)c2)C=CC=C1. The summed E-state index contributed by atoms with van der Waals surface area (Å²) in [6.45, 7) is 1.45. The lowest BCUT2D eigenvalue weighted by Gasteiger charge is -2.23. The van der Waals surface area contributed by atoms with E-state index in [0.29, 0.717) is 22.5 Å². The molecule has 0 unspecified atom stereocenters. The smallest absolute Gasteiger partial charge is 0.355 e. The zero-order valence-electron chi connectivity index (χ0n) is 18.3. The number of ketones is 1. The van der Waals surface area contributed by atoms with Gasteiger partial charge in [-0.1, -0.05) is 24.3 Å². The third-order valence-electron chi connectivity index (χ3n) is 4.80. The summed E-state index contributed by atoms with van der Waals surface area (Å²) < 4.78 is 9.70. The minimum Gasteiger partial charge on any atom is -0.465 e. The molecule has 2 aromatic carbocycles. The van der Waals surface area contributed by atoms with Crippen LogP contribution in [0.15, 0.2) is 84.2 Å². The largest absolute Gasteiger partial charge is 0.465 e. The van der Waals surface area contributed by atoms with Crippen molar-refractivity contribution < 1.29 is 28.7 Å². The van der Waals surface area contributed by atoms with Gasteiger partial charge in [0.05, 0.1) is 19.8 Å². The molecule has 0 fully saturated rings. The predicted molar refractivity (Wildman–Crippen MR) is 123 cm³/mol. The van der Waals surface area contributed by atoms with Crippen molar-refractivity contribution in [1.29, 1.82) is 0 Å². The van der Waals surface area contributed by atoms with E-state index in [1.165, 1.54) is 32.1 Å². The number of carbonyl (C=O) groups excluding carboxylic acids is 4. The molecule has 168 valence electrons. The van der Waals surface area contributed by atoms with Crippen LogP contribution in [0, 0.1) is 0 Å². The van der Waals surface area contributed by atoms with Gasteiger partial charge in [0.15, 0.2) is 5.78 Å². The number of esters is 2. The van der Waals surface area contributed by atoms with Crippen LogP contribution in [0.5, 0.6) is 0 Å². The predicted octanol–water partition coefficient (Wildman–Crippen LogP) is 3.63. The second kappa shape index (κ2) is 10.2. The zero-order chi connectivity index (χ0) is 24.0. The van der Waals surface area contributed by atoms with Crippen molar-refractivity contribution in [2.24, 2.45) is 0 Å². The first-order valence-electron chi connectivity index (χ1n) is 9.93. The molecule has 0 aromatic heterocycles. The molecule has 2 aromatic rings. The maximum Gasteiger partial charge on any atom is 0.355 e.